The molecule has 0 unspecified atom stereocenters. The molecule has 4 nitrogen and oxygen atoms in total. The van der Waals surface area contributed by atoms with Crippen molar-refractivity contribution in [2.24, 2.45) is 5.73 Å². The van der Waals surface area contributed by atoms with Crippen LogP contribution in [0.1, 0.15) is 12.0 Å². The molecule has 0 aromatic heterocycles. The van der Waals surface area contributed by atoms with Crippen LogP contribution in [0.2, 0.25) is 0 Å². The highest BCUT2D eigenvalue weighted by Crippen LogP contribution is 2.31. The number of nitrogens with zero attached hydrogens (tertiary/aromatic N) is 1. The highest BCUT2D eigenvalue weighted by molar-refractivity contribution is 5.55. The maximum Gasteiger partial charge on any atom is 0.124 e. The van der Waals surface area contributed by atoms with Crippen LogP contribution in [-0.4, -0.2) is 39.0 Å². The summed E-state index contributed by atoms with van der Waals surface area (Å²) >= 11 is 0. The van der Waals surface area contributed by atoms with Crippen LogP contribution in [-0.2, 0) is 11.2 Å². The molecule has 2 atom stereocenters. The zero-order valence-corrected chi connectivity index (χ0v) is 10.8. The van der Waals surface area contributed by atoms with Crippen molar-refractivity contribution < 1.29 is 9.47 Å². The summed E-state index contributed by atoms with van der Waals surface area (Å²) in [5.41, 5.74) is 8.56. The van der Waals surface area contributed by atoms with E-state index in [9.17, 15) is 0 Å². The molecule has 0 saturated carbocycles. The second-order valence-corrected chi connectivity index (χ2v) is 5.09. The Hall–Kier alpha value is -1.26. The van der Waals surface area contributed by atoms with E-state index in [1.165, 1.54) is 11.3 Å². The monoisotopic (exact) mass is 248 g/mol. The first kappa shape index (κ1) is 11.8. The van der Waals surface area contributed by atoms with E-state index in [-0.39, 0.29) is 12.1 Å². The summed E-state index contributed by atoms with van der Waals surface area (Å²) in [5.74, 6) is 1.04. The average Bonchev–Trinajstić information content (AvgIpc) is 2.79. The largest absolute Gasteiger partial charge is 0.493 e. The van der Waals surface area contributed by atoms with E-state index >= 15 is 0 Å². The van der Waals surface area contributed by atoms with Gasteiger partial charge in [-0.05, 0) is 24.5 Å². The molecule has 0 amide bonds. The minimum atomic E-state index is 0.0898. The fourth-order valence-electron chi connectivity index (χ4n) is 2.78. The molecule has 0 bridgehead atoms. The number of ether oxygens (including phenoxy) is 2. The van der Waals surface area contributed by atoms with E-state index < -0.39 is 0 Å². The van der Waals surface area contributed by atoms with Crippen LogP contribution >= 0.6 is 0 Å². The lowest BCUT2D eigenvalue weighted by molar-refractivity contribution is 0.108. The number of benzene rings is 1. The fraction of sp³-hybridized carbons (Fsp3) is 0.571. The molecule has 2 aliphatic heterocycles. The predicted octanol–water partition coefficient (Wildman–Crippen LogP) is 1.17. The van der Waals surface area contributed by atoms with Crippen molar-refractivity contribution in [2.45, 2.75) is 25.0 Å². The summed E-state index contributed by atoms with van der Waals surface area (Å²) < 4.78 is 11.1. The van der Waals surface area contributed by atoms with Crippen LogP contribution in [0.3, 0.4) is 0 Å². The first-order valence-electron chi connectivity index (χ1n) is 6.57. The van der Waals surface area contributed by atoms with Crippen LogP contribution in [0, 0.1) is 0 Å². The molecule has 98 valence electrons. The van der Waals surface area contributed by atoms with Crippen molar-refractivity contribution in [2.75, 3.05) is 31.7 Å². The molecule has 1 fully saturated rings. The minimum Gasteiger partial charge on any atom is -0.493 e. The lowest BCUT2D eigenvalue weighted by atomic mass is 10.1. The highest BCUT2D eigenvalue weighted by atomic mass is 16.5. The highest BCUT2D eigenvalue weighted by Gasteiger charge is 2.30. The van der Waals surface area contributed by atoms with E-state index in [1.54, 1.807) is 7.11 Å². The molecule has 1 saturated heterocycles. The first-order chi connectivity index (χ1) is 8.78. The number of nitrogens with two attached hydrogens (primary N) is 1. The fourth-order valence-corrected chi connectivity index (χ4v) is 2.78. The number of rotatable bonds is 2. The Bertz CT molecular complexity index is 436. The number of hydrogen-bond donors (Lipinski definition) is 1. The van der Waals surface area contributed by atoms with Gasteiger partial charge in [-0.25, -0.2) is 0 Å². The first-order valence-corrected chi connectivity index (χ1v) is 6.57. The second kappa shape index (κ2) is 4.78. The van der Waals surface area contributed by atoms with Gasteiger partial charge < -0.3 is 20.1 Å². The van der Waals surface area contributed by atoms with Crippen molar-refractivity contribution >= 4 is 5.69 Å². The Balaban J connectivity index is 1.81. The van der Waals surface area contributed by atoms with Crippen LogP contribution in [0.15, 0.2) is 18.2 Å². The van der Waals surface area contributed by atoms with Crippen LogP contribution in [0.5, 0.6) is 5.75 Å². The number of hydrogen-bond acceptors (Lipinski definition) is 4. The van der Waals surface area contributed by atoms with Crippen LogP contribution < -0.4 is 15.4 Å². The lowest BCUT2D eigenvalue weighted by Gasteiger charge is -2.22. The molecule has 4 heteroatoms. The van der Waals surface area contributed by atoms with Gasteiger partial charge in [0.25, 0.3) is 0 Å². The SMILES string of the molecule is CO[C@@H]1CN(c2ccc3c(c2)OCCC3)C[C@H]1N. The Labute approximate surface area is 108 Å². The quantitative estimate of drug-likeness (QED) is 0.853. The maximum absolute atomic E-state index is 6.06. The smallest absolute Gasteiger partial charge is 0.124 e. The predicted molar refractivity (Wildman–Crippen MR) is 71.2 cm³/mol. The van der Waals surface area contributed by atoms with E-state index in [2.05, 4.69) is 23.1 Å². The van der Waals surface area contributed by atoms with Gasteiger partial charge in [0.1, 0.15) is 5.75 Å². The van der Waals surface area contributed by atoms with Crippen LogP contribution in [0.4, 0.5) is 5.69 Å². The molecule has 2 N–H and O–H groups in total. The molecule has 0 radical (unpaired) electrons. The lowest BCUT2D eigenvalue weighted by Crippen LogP contribution is -2.34. The van der Waals surface area contributed by atoms with Crippen molar-refractivity contribution in [3.63, 3.8) is 0 Å². The van der Waals surface area contributed by atoms with Crippen molar-refractivity contribution in [3.8, 4) is 5.75 Å². The summed E-state index contributed by atoms with van der Waals surface area (Å²) in [6.07, 6.45) is 2.37. The number of methoxy groups -OCH3 is 1. The summed E-state index contributed by atoms with van der Waals surface area (Å²) in [6, 6.07) is 6.57. The molecule has 2 aliphatic rings. The molecule has 18 heavy (non-hydrogen) atoms. The topological polar surface area (TPSA) is 47.7 Å². The Morgan fingerprint density at radius 3 is 3.06 bits per heavy atom. The molecule has 3 rings (SSSR count). The molecular weight excluding hydrogens is 228 g/mol. The van der Waals surface area contributed by atoms with Gasteiger partial charge in [0.2, 0.25) is 0 Å². The molecule has 0 spiro atoms. The van der Waals surface area contributed by atoms with Gasteiger partial charge in [-0.15, -0.1) is 0 Å². The van der Waals surface area contributed by atoms with Gasteiger partial charge >= 0.3 is 0 Å². The normalized spacial score (nSPS) is 26.9. The van der Waals surface area contributed by atoms with Crippen molar-refractivity contribution in [3.05, 3.63) is 23.8 Å². The molecule has 2 heterocycles. The van der Waals surface area contributed by atoms with Gasteiger partial charge in [-0.1, -0.05) is 6.07 Å². The third kappa shape index (κ3) is 2.06. The summed E-state index contributed by atoms with van der Waals surface area (Å²) in [4.78, 5) is 2.27. The van der Waals surface area contributed by atoms with Crippen molar-refractivity contribution in [1.29, 1.82) is 0 Å². The minimum absolute atomic E-state index is 0.0898. The van der Waals surface area contributed by atoms with E-state index in [0.29, 0.717) is 0 Å². The van der Waals surface area contributed by atoms with Gasteiger partial charge in [0.05, 0.1) is 18.8 Å². The molecule has 1 aromatic rings. The van der Waals surface area contributed by atoms with Gasteiger partial charge in [0.15, 0.2) is 0 Å². The summed E-state index contributed by atoms with van der Waals surface area (Å²) in [5, 5.41) is 0. The van der Waals surface area contributed by atoms with E-state index in [0.717, 1.165) is 38.3 Å². The van der Waals surface area contributed by atoms with Crippen molar-refractivity contribution in [1.82, 2.24) is 0 Å². The Morgan fingerprint density at radius 1 is 1.39 bits per heavy atom. The molecular formula is C14H20N2O2. The number of fused-ring (bicyclic) bond motifs is 1. The zero-order chi connectivity index (χ0) is 12.5. The molecule has 0 aliphatic carbocycles. The summed E-state index contributed by atoms with van der Waals surface area (Å²) in [6.45, 7) is 2.53. The third-order valence-electron chi connectivity index (χ3n) is 3.88. The maximum atomic E-state index is 6.06. The second-order valence-electron chi connectivity index (χ2n) is 5.09. The van der Waals surface area contributed by atoms with E-state index in [1.807, 2.05) is 0 Å². The van der Waals surface area contributed by atoms with E-state index in [4.69, 9.17) is 15.2 Å². The number of aryl methyl sites for hydroxylation is 1. The zero-order valence-electron chi connectivity index (χ0n) is 10.8. The van der Waals surface area contributed by atoms with Gasteiger partial charge in [0, 0.05) is 32.0 Å². The summed E-state index contributed by atoms with van der Waals surface area (Å²) in [7, 11) is 1.73. The number of anilines is 1. The third-order valence-corrected chi connectivity index (χ3v) is 3.88. The van der Waals surface area contributed by atoms with Gasteiger partial charge in [-0.3, -0.25) is 0 Å². The Kier molecular flexibility index (Phi) is 3.14. The van der Waals surface area contributed by atoms with Crippen LogP contribution in [0.25, 0.3) is 0 Å². The standard InChI is InChI=1S/C14H20N2O2/c1-17-14-9-16(8-12(14)15)11-5-4-10-3-2-6-18-13(10)7-11/h4-5,7,12,14H,2-3,6,8-9,15H2,1H3/t12-,14-/m1/s1. The molecule has 1 aromatic carbocycles. The average molecular weight is 248 g/mol. The van der Waals surface area contributed by atoms with Gasteiger partial charge in [-0.2, -0.15) is 0 Å². The Morgan fingerprint density at radius 2 is 2.28 bits per heavy atom.